The van der Waals surface area contributed by atoms with Gasteiger partial charge in [0.05, 0.1) is 11.1 Å². The van der Waals surface area contributed by atoms with Gasteiger partial charge in [0.2, 0.25) is 0 Å². The van der Waals surface area contributed by atoms with E-state index < -0.39 is 56.5 Å². The molecule has 0 unspecified atom stereocenters. The molecule has 2 aromatic rings. The van der Waals surface area contributed by atoms with Crippen LogP contribution in [-0.2, 0) is 16.2 Å². The topological polar surface area (TPSA) is 118 Å². The number of nitrogens with zero attached hydrogens (tertiary/aromatic N) is 3. The summed E-state index contributed by atoms with van der Waals surface area (Å²) in [5.74, 6) is -5.16. The monoisotopic (exact) mass is 493 g/mol. The van der Waals surface area contributed by atoms with Crippen LogP contribution in [0.5, 0.6) is 0 Å². The van der Waals surface area contributed by atoms with Crippen molar-refractivity contribution in [3.05, 3.63) is 41.7 Å². The SMILES string of the molecule is C[C@H]1CCN(c2ncc(C(F)(F)F)cc2C(=O)Nc2ccnc(S(N)(=O)=O)c2)CCC1(F)F. The van der Waals surface area contributed by atoms with Crippen molar-refractivity contribution in [2.75, 3.05) is 23.3 Å². The highest BCUT2D eigenvalue weighted by Crippen LogP contribution is 2.36. The van der Waals surface area contributed by atoms with E-state index in [9.17, 15) is 35.2 Å². The molecule has 8 nitrogen and oxygen atoms in total. The fraction of sp³-hybridized carbons (Fsp3) is 0.421. The summed E-state index contributed by atoms with van der Waals surface area (Å²) in [5, 5.41) is 6.72. The van der Waals surface area contributed by atoms with Crippen molar-refractivity contribution >= 4 is 27.4 Å². The second-order valence-corrected chi connectivity index (χ2v) is 9.17. The predicted octanol–water partition coefficient (Wildman–Crippen LogP) is 3.27. The molecule has 3 heterocycles. The summed E-state index contributed by atoms with van der Waals surface area (Å²) in [6.07, 6.45) is -3.75. The third kappa shape index (κ3) is 5.74. The van der Waals surface area contributed by atoms with Crippen LogP contribution in [0.15, 0.2) is 35.6 Å². The Morgan fingerprint density at radius 2 is 1.94 bits per heavy atom. The first kappa shape index (κ1) is 24.8. The quantitative estimate of drug-likeness (QED) is 0.632. The predicted molar refractivity (Wildman–Crippen MR) is 108 cm³/mol. The molecule has 0 spiro atoms. The highest BCUT2D eigenvalue weighted by molar-refractivity contribution is 7.89. The van der Waals surface area contributed by atoms with Gasteiger partial charge in [-0.05, 0) is 18.6 Å². The number of alkyl halides is 5. The number of primary sulfonamides is 1. The maximum Gasteiger partial charge on any atom is 0.417 e. The third-order valence-corrected chi connectivity index (χ3v) is 6.10. The van der Waals surface area contributed by atoms with Crippen LogP contribution in [0.3, 0.4) is 0 Å². The van der Waals surface area contributed by atoms with Gasteiger partial charge in [0, 0.05) is 49.6 Å². The first-order chi connectivity index (χ1) is 15.2. The van der Waals surface area contributed by atoms with Crippen LogP contribution in [0.4, 0.5) is 33.5 Å². The molecule has 1 fully saturated rings. The number of amides is 1. The normalized spacial score (nSPS) is 19.1. The summed E-state index contributed by atoms with van der Waals surface area (Å²) < 4.78 is 90.9. The number of nitrogens with two attached hydrogens (primary N) is 1. The van der Waals surface area contributed by atoms with E-state index in [2.05, 4.69) is 15.3 Å². The molecule has 2 aromatic heterocycles. The van der Waals surface area contributed by atoms with Crippen molar-refractivity contribution in [3.8, 4) is 0 Å². The van der Waals surface area contributed by atoms with Gasteiger partial charge in [-0.3, -0.25) is 4.79 Å². The summed E-state index contributed by atoms with van der Waals surface area (Å²) in [6, 6.07) is 2.72. The van der Waals surface area contributed by atoms with E-state index >= 15 is 0 Å². The Morgan fingerprint density at radius 3 is 2.58 bits per heavy atom. The van der Waals surface area contributed by atoms with E-state index in [0.717, 1.165) is 12.3 Å². The molecule has 1 atom stereocenters. The van der Waals surface area contributed by atoms with Gasteiger partial charge < -0.3 is 10.2 Å². The molecule has 0 aliphatic carbocycles. The lowest BCUT2D eigenvalue weighted by Gasteiger charge is -2.24. The van der Waals surface area contributed by atoms with Gasteiger partial charge in [-0.25, -0.2) is 32.3 Å². The van der Waals surface area contributed by atoms with Crippen molar-refractivity contribution in [2.45, 2.75) is 36.9 Å². The molecule has 1 aliphatic rings. The first-order valence-corrected chi connectivity index (χ1v) is 11.2. The van der Waals surface area contributed by atoms with Gasteiger partial charge in [-0.15, -0.1) is 0 Å². The molecule has 0 radical (unpaired) electrons. The standard InChI is InChI=1S/C19H20F5N5O3S/c1-11-3-6-29(7-4-18(11,20)21)16-14(8-12(10-27-16)19(22,23)24)17(30)28-13-2-5-26-15(9-13)33(25,31)32/h2,5,8-11H,3-4,6-7H2,1H3,(H2,25,31,32)(H,26,28,30)/t11-/m0/s1. The minimum absolute atomic E-state index is 0.0405. The Morgan fingerprint density at radius 1 is 1.24 bits per heavy atom. The highest BCUT2D eigenvalue weighted by Gasteiger charge is 2.40. The number of rotatable bonds is 4. The number of hydrogen-bond acceptors (Lipinski definition) is 6. The van der Waals surface area contributed by atoms with E-state index in [1.807, 2.05) is 0 Å². The molecule has 1 amide bonds. The average Bonchev–Trinajstić information content (AvgIpc) is 2.84. The van der Waals surface area contributed by atoms with Gasteiger partial charge in [-0.1, -0.05) is 6.92 Å². The van der Waals surface area contributed by atoms with Crippen molar-refractivity contribution in [2.24, 2.45) is 11.1 Å². The number of anilines is 2. The Hall–Kier alpha value is -2.87. The minimum Gasteiger partial charge on any atom is -0.356 e. The summed E-state index contributed by atoms with van der Waals surface area (Å²) in [6.45, 7) is 1.21. The van der Waals surface area contributed by atoms with Gasteiger partial charge in [0.25, 0.3) is 21.9 Å². The molecule has 0 saturated carbocycles. The van der Waals surface area contributed by atoms with Crippen LogP contribution in [0.25, 0.3) is 0 Å². The number of nitrogens with one attached hydrogen (secondary N) is 1. The molecule has 180 valence electrons. The second kappa shape index (κ2) is 8.82. The fourth-order valence-corrected chi connectivity index (χ4v) is 3.79. The summed E-state index contributed by atoms with van der Waals surface area (Å²) >= 11 is 0. The Kier molecular flexibility index (Phi) is 6.62. The minimum atomic E-state index is -4.81. The zero-order chi connectivity index (χ0) is 24.6. The molecule has 0 aromatic carbocycles. The highest BCUT2D eigenvalue weighted by atomic mass is 32.2. The van der Waals surface area contributed by atoms with Crippen LogP contribution in [0, 0.1) is 5.92 Å². The molecule has 1 aliphatic heterocycles. The lowest BCUT2D eigenvalue weighted by molar-refractivity contribution is -0.137. The van der Waals surface area contributed by atoms with Gasteiger partial charge in [0.1, 0.15) is 5.82 Å². The number of carbonyl (C=O) groups is 1. The number of sulfonamides is 1. The largest absolute Gasteiger partial charge is 0.417 e. The molecule has 1 saturated heterocycles. The first-order valence-electron chi connectivity index (χ1n) is 9.69. The van der Waals surface area contributed by atoms with Crippen molar-refractivity contribution in [1.82, 2.24) is 9.97 Å². The lowest BCUT2D eigenvalue weighted by Crippen LogP contribution is -2.30. The van der Waals surface area contributed by atoms with E-state index in [0.29, 0.717) is 12.3 Å². The van der Waals surface area contributed by atoms with Crippen molar-refractivity contribution in [1.29, 1.82) is 0 Å². The van der Waals surface area contributed by atoms with Crippen molar-refractivity contribution < 1.29 is 35.2 Å². The number of hydrogen-bond donors (Lipinski definition) is 2. The van der Waals surface area contributed by atoms with E-state index in [1.54, 1.807) is 0 Å². The molecule has 0 bridgehead atoms. The molecule has 3 N–H and O–H groups in total. The van der Waals surface area contributed by atoms with Crippen LogP contribution < -0.4 is 15.4 Å². The maximum absolute atomic E-state index is 14.1. The van der Waals surface area contributed by atoms with Gasteiger partial charge in [-0.2, -0.15) is 13.2 Å². The van der Waals surface area contributed by atoms with Crippen LogP contribution in [0.1, 0.15) is 35.7 Å². The maximum atomic E-state index is 14.1. The molecule has 33 heavy (non-hydrogen) atoms. The molecule has 3 rings (SSSR count). The molecular weight excluding hydrogens is 473 g/mol. The number of aromatic nitrogens is 2. The number of carbonyl (C=O) groups excluding carboxylic acids is 1. The van der Waals surface area contributed by atoms with E-state index in [4.69, 9.17) is 5.14 Å². The smallest absolute Gasteiger partial charge is 0.356 e. The Bertz CT molecular complexity index is 1160. The molecular formula is C19H20F5N5O3S. The number of halogens is 5. The third-order valence-electron chi connectivity index (χ3n) is 5.29. The summed E-state index contributed by atoms with van der Waals surface area (Å²) in [5.41, 5.74) is -1.81. The summed E-state index contributed by atoms with van der Waals surface area (Å²) in [7, 11) is -4.20. The lowest BCUT2D eigenvalue weighted by atomic mass is 9.99. The second-order valence-electron chi connectivity index (χ2n) is 7.66. The van der Waals surface area contributed by atoms with Gasteiger partial charge >= 0.3 is 6.18 Å². The average molecular weight is 493 g/mol. The van der Waals surface area contributed by atoms with E-state index in [1.165, 1.54) is 17.9 Å². The summed E-state index contributed by atoms with van der Waals surface area (Å²) in [4.78, 5) is 21.6. The van der Waals surface area contributed by atoms with Crippen LogP contribution >= 0.6 is 0 Å². The van der Waals surface area contributed by atoms with Crippen LogP contribution in [0.2, 0.25) is 0 Å². The molecule has 14 heteroatoms. The van der Waals surface area contributed by atoms with E-state index in [-0.39, 0.29) is 31.0 Å². The zero-order valence-corrected chi connectivity index (χ0v) is 18.1. The Labute approximate surface area is 186 Å². The fourth-order valence-electron chi connectivity index (χ4n) is 3.29. The van der Waals surface area contributed by atoms with Gasteiger partial charge in [0.15, 0.2) is 5.03 Å². The number of pyridine rings is 2. The van der Waals surface area contributed by atoms with Crippen molar-refractivity contribution in [3.63, 3.8) is 0 Å². The zero-order valence-electron chi connectivity index (χ0n) is 17.2. The Balaban J connectivity index is 1.99. The van der Waals surface area contributed by atoms with Crippen LogP contribution in [-0.4, -0.2) is 43.3 Å².